The van der Waals surface area contributed by atoms with Gasteiger partial charge in [0, 0.05) is 11.8 Å². The van der Waals surface area contributed by atoms with Crippen LogP contribution in [-0.4, -0.2) is 0 Å². The zero-order valence-corrected chi connectivity index (χ0v) is 10.0. The van der Waals surface area contributed by atoms with Crippen LogP contribution in [-0.2, 0) is 0 Å². The van der Waals surface area contributed by atoms with Crippen molar-refractivity contribution in [2.75, 3.05) is 0 Å². The van der Waals surface area contributed by atoms with Gasteiger partial charge in [0.25, 0.3) is 0 Å². The van der Waals surface area contributed by atoms with Gasteiger partial charge in [-0.15, -0.1) is 0 Å². The van der Waals surface area contributed by atoms with Gasteiger partial charge >= 0.3 is 0 Å². The highest BCUT2D eigenvalue weighted by Crippen LogP contribution is 2.52. The minimum atomic E-state index is 0.725. The number of fused-ring (bicyclic) bond motifs is 5. The van der Waals surface area contributed by atoms with Gasteiger partial charge in [-0.05, 0) is 67.5 Å². The van der Waals surface area contributed by atoms with Crippen LogP contribution in [0.3, 0.4) is 0 Å². The maximum atomic E-state index is 2.41. The van der Waals surface area contributed by atoms with Crippen molar-refractivity contribution in [3.63, 3.8) is 0 Å². The lowest BCUT2D eigenvalue weighted by Gasteiger charge is -2.21. The Kier molecular flexibility index (Phi) is 1.69. The second-order valence-corrected chi connectivity index (χ2v) is 5.16. The van der Waals surface area contributed by atoms with Crippen LogP contribution in [0.15, 0.2) is 12.2 Å². The Morgan fingerprint density at radius 2 is 1.13 bits per heavy atom. The molecule has 1 aromatic carbocycles. The van der Waals surface area contributed by atoms with Gasteiger partial charge in [0.15, 0.2) is 0 Å². The average Bonchev–Trinajstić information content (AvgIpc) is 2.82. The predicted octanol–water partition coefficient (Wildman–Crippen LogP) is 4.06. The number of allylic oxidation sites excluding steroid dienone is 2. The van der Waals surface area contributed by atoms with Crippen molar-refractivity contribution in [3.8, 4) is 0 Å². The first-order valence-electron chi connectivity index (χ1n) is 5.89. The highest BCUT2D eigenvalue weighted by Gasteiger charge is 2.35. The van der Waals surface area contributed by atoms with Gasteiger partial charge < -0.3 is 0 Å². The minimum absolute atomic E-state index is 0.725. The van der Waals surface area contributed by atoms with Crippen molar-refractivity contribution in [1.82, 2.24) is 0 Å². The zero-order valence-electron chi connectivity index (χ0n) is 10.0. The van der Waals surface area contributed by atoms with E-state index in [1.807, 2.05) is 0 Å². The van der Waals surface area contributed by atoms with E-state index in [0.29, 0.717) is 0 Å². The molecule has 0 amide bonds. The third-order valence-corrected chi connectivity index (χ3v) is 4.61. The third kappa shape index (κ3) is 0.975. The normalized spacial score (nSPS) is 26.1. The summed E-state index contributed by atoms with van der Waals surface area (Å²) in [6, 6.07) is 0. The molecule has 2 aliphatic rings. The largest absolute Gasteiger partial charge is 0.0803 e. The fraction of sp³-hybridized carbons (Fsp3) is 0.467. The van der Waals surface area contributed by atoms with Crippen molar-refractivity contribution in [3.05, 3.63) is 45.5 Å². The molecule has 2 bridgehead atoms. The maximum Gasteiger partial charge on any atom is 0.00327 e. The Morgan fingerprint density at radius 1 is 0.733 bits per heavy atom. The SMILES string of the molecule is Cc1c(C)c(C)c2c(c1C)C1C=CC2C1. The molecular weight excluding hydrogens is 180 g/mol. The summed E-state index contributed by atoms with van der Waals surface area (Å²) in [5.41, 5.74) is 9.42. The van der Waals surface area contributed by atoms with Gasteiger partial charge in [0.1, 0.15) is 0 Å². The molecule has 2 atom stereocenters. The summed E-state index contributed by atoms with van der Waals surface area (Å²) >= 11 is 0. The molecule has 0 fully saturated rings. The first-order chi connectivity index (χ1) is 7.11. The highest BCUT2D eigenvalue weighted by molar-refractivity contribution is 5.59. The smallest absolute Gasteiger partial charge is 0.00327 e. The van der Waals surface area contributed by atoms with Crippen LogP contribution in [0.25, 0.3) is 0 Å². The molecule has 2 unspecified atom stereocenters. The second kappa shape index (κ2) is 2.75. The van der Waals surface area contributed by atoms with Gasteiger partial charge in [0.05, 0.1) is 0 Å². The molecule has 0 nitrogen and oxygen atoms in total. The third-order valence-electron chi connectivity index (χ3n) is 4.61. The van der Waals surface area contributed by atoms with E-state index in [0.717, 1.165) is 11.8 Å². The zero-order chi connectivity index (χ0) is 10.7. The van der Waals surface area contributed by atoms with Crippen LogP contribution < -0.4 is 0 Å². The Labute approximate surface area is 92.0 Å². The molecule has 0 radical (unpaired) electrons. The van der Waals surface area contributed by atoms with Gasteiger partial charge in [-0.1, -0.05) is 12.2 Å². The van der Waals surface area contributed by atoms with Crippen LogP contribution in [0, 0.1) is 27.7 Å². The summed E-state index contributed by atoms with van der Waals surface area (Å²) in [6.07, 6.45) is 6.16. The average molecular weight is 198 g/mol. The lowest BCUT2D eigenvalue weighted by molar-refractivity contribution is 0.801. The fourth-order valence-electron chi connectivity index (χ4n) is 3.45. The van der Waals surface area contributed by atoms with E-state index in [9.17, 15) is 0 Å². The van der Waals surface area contributed by atoms with E-state index in [2.05, 4.69) is 39.8 Å². The summed E-state index contributed by atoms with van der Waals surface area (Å²) < 4.78 is 0. The first kappa shape index (κ1) is 9.21. The molecule has 78 valence electrons. The molecule has 0 N–H and O–H groups in total. The van der Waals surface area contributed by atoms with Crippen LogP contribution in [0.1, 0.15) is 51.6 Å². The molecule has 3 rings (SSSR count). The monoisotopic (exact) mass is 198 g/mol. The van der Waals surface area contributed by atoms with Crippen molar-refractivity contribution in [1.29, 1.82) is 0 Å². The van der Waals surface area contributed by atoms with Crippen LogP contribution >= 0.6 is 0 Å². The molecule has 0 spiro atoms. The summed E-state index contributed by atoms with van der Waals surface area (Å²) in [5, 5.41) is 0. The van der Waals surface area contributed by atoms with Gasteiger partial charge in [-0.2, -0.15) is 0 Å². The van der Waals surface area contributed by atoms with E-state index in [-0.39, 0.29) is 0 Å². The van der Waals surface area contributed by atoms with E-state index in [1.54, 1.807) is 22.3 Å². The van der Waals surface area contributed by atoms with E-state index in [4.69, 9.17) is 0 Å². The van der Waals surface area contributed by atoms with Crippen LogP contribution in [0.5, 0.6) is 0 Å². The number of rotatable bonds is 0. The topological polar surface area (TPSA) is 0 Å². The van der Waals surface area contributed by atoms with Crippen LogP contribution in [0.2, 0.25) is 0 Å². The molecule has 0 heterocycles. The van der Waals surface area contributed by atoms with Crippen molar-refractivity contribution >= 4 is 0 Å². The quantitative estimate of drug-likeness (QED) is 0.551. The van der Waals surface area contributed by atoms with E-state index in [1.165, 1.54) is 17.5 Å². The molecule has 0 aliphatic heterocycles. The van der Waals surface area contributed by atoms with Crippen molar-refractivity contribution in [2.24, 2.45) is 0 Å². The molecule has 15 heavy (non-hydrogen) atoms. The summed E-state index contributed by atoms with van der Waals surface area (Å²) in [7, 11) is 0. The Hall–Kier alpha value is -1.04. The Morgan fingerprint density at radius 3 is 1.53 bits per heavy atom. The molecule has 2 aliphatic carbocycles. The van der Waals surface area contributed by atoms with Gasteiger partial charge in [-0.25, -0.2) is 0 Å². The predicted molar refractivity (Wildman–Crippen MR) is 64.6 cm³/mol. The minimum Gasteiger partial charge on any atom is -0.0803 e. The lowest BCUT2D eigenvalue weighted by Crippen LogP contribution is -2.04. The van der Waals surface area contributed by atoms with Crippen LogP contribution in [0.4, 0.5) is 0 Å². The molecule has 0 saturated heterocycles. The molecule has 0 saturated carbocycles. The van der Waals surface area contributed by atoms with Gasteiger partial charge in [0.2, 0.25) is 0 Å². The van der Waals surface area contributed by atoms with Gasteiger partial charge in [-0.3, -0.25) is 0 Å². The number of hydrogen-bond acceptors (Lipinski definition) is 0. The second-order valence-electron chi connectivity index (χ2n) is 5.16. The number of hydrogen-bond donors (Lipinski definition) is 0. The van der Waals surface area contributed by atoms with E-state index >= 15 is 0 Å². The molecule has 0 heteroatoms. The van der Waals surface area contributed by atoms with Crippen molar-refractivity contribution < 1.29 is 0 Å². The lowest BCUT2D eigenvalue weighted by atomic mass is 9.84. The molecular formula is C15H18. The Balaban J connectivity index is 2.38. The summed E-state index contributed by atoms with van der Waals surface area (Å²) in [4.78, 5) is 0. The standard InChI is InChI=1S/C15H18/c1-8-9(2)11(4)15-13-6-5-12(7-13)14(15)10(8)3/h5-6,12-13H,7H2,1-4H3. The maximum absolute atomic E-state index is 2.41. The van der Waals surface area contributed by atoms with E-state index < -0.39 is 0 Å². The highest BCUT2D eigenvalue weighted by atomic mass is 14.4. The first-order valence-corrected chi connectivity index (χ1v) is 5.89. The Bertz CT molecular complexity index is 435. The molecule has 1 aromatic rings. The summed E-state index contributed by atoms with van der Waals surface area (Å²) in [5.74, 6) is 1.45. The fourth-order valence-corrected chi connectivity index (χ4v) is 3.45. The molecule has 0 aromatic heterocycles. The number of benzene rings is 1. The van der Waals surface area contributed by atoms with Crippen molar-refractivity contribution in [2.45, 2.75) is 46.0 Å². The summed E-state index contributed by atoms with van der Waals surface area (Å²) in [6.45, 7) is 9.14.